The Morgan fingerprint density at radius 3 is 2.70 bits per heavy atom. The lowest BCUT2D eigenvalue weighted by Gasteiger charge is -2.25. The van der Waals surface area contributed by atoms with E-state index in [1.165, 1.54) is 12.1 Å². The first-order chi connectivity index (χ1) is 9.66. The number of benzene rings is 1. The molecule has 106 valence electrons. The van der Waals surface area contributed by atoms with Crippen LogP contribution in [0.1, 0.15) is 5.56 Å². The van der Waals surface area contributed by atoms with Crippen molar-refractivity contribution in [2.75, 3.05) is 31.1 Å². The minimum Gasteiger partial charge on any atom is -0.337 e. The van der Waals surface area contributed by atoms with Crippen LogP contribution in [0.5, 0.6) is 0 Å². The van der Waals surface area contributed by atoms with Crippen LogP contribution in [0.15, 0.2) is 12.1 Å². The lowest BCUT2D eigenvalue weighted by atomic mass is 10.1. The number of nitrogens with zero attached hydrogens (tertiary/aromatic N) is 3. The Kier molecular flexibility index (Phi) is 3.35. The van der Waals surface area contributed by atoms with Crippen LogP contribution in [0.4, 0.5) is 14.7 Å². The molecule has 3 rings (SSSR count). The largest absolute Gasteiger partial charge is 0.337 e. The topological polar surface area (TPSA) is 56.8 Å². The van der Waals surface area contributed by atoms with E-state index in [0.717, 1.165) is 26.2 Å². The van der Waals surface area contributed by atoms with Gasteiger partial charge in [0.1, 0.15) is 11.6 Å². The third-order valence-electron chi connectivity index (χ3n) is 3.39. The number of hydrogen-bond donors (Lipinski definition) is 2. The lowest BCUT2D eigenvalue weighted by Crippen LogP contribution is -2.44. The first-order valence-electron chi connectivity index (χ1n) is 6.50. The van der Waals surface area contributed by atoms with E-state index in [0.29, 0.717) is 11.5 Å². The Hall–Kier alpha value is -2.02. The van der Waals surface area contributed by atoms with Crippen molar-refractivity contribution in [2.24, 2.45) is 0 Å². The van der Waals surface area contributed by atoms with E-state index in [4.69, 9.17) is 0 Å². The highest BCUT2D eigenvalue weighted by atomic mass is 19.1. The molecule has 0 amide bonds. The van der Waals surface area contributed by atoms with Gasteiger partial charge in [0, 0.05) is 26.2 Å². The average molecular weight is 279 g/mol. The summed E-state index contributed by atoms with van der Waals surface area (Å²) in [6.07, 6.45) is 0. The van der Waals surface area contributed by atoms with Crippen LogP contribution in [-0.4, -0.2) is 41.4 Å². The molecule has 0 aliphatic carbocycles. The summed E-state index contributed by atoms with van der Waals surface area (Å²) < 4.78 is 27.9. The quantitative estimate of drug-likeness (QED) is 0.874. The van der Waals surface area contributed by atoms with Gasteiger partial charge in [0.05, 0.1) is 5.56 Å². The van der Waals surface area contributed by atoms with Gasteiger partial charge in [-0.1, -0.05) is 6.07 Å². The van der Waals surface area contributed by atoms with E-state index in [2.05, 4.69) is 20.5 Å². The number of nitrogens with one attached hydrogen (secondary N) is 2. The van der Waals surface area contributed by atoms with Crippen LogP contribution >= 0.6 is 0 Å². The summed E-state index contributed by atoms with van der Waals surface area (Å²) in [5.41, 5.74) is 0.223. The molecule has 0 spiro atoms. The van der Waals surface area contributed by atoms with E-state index < -0.39 is 11.6 Å². The molecule has 20 heavy (non-hydrogen) atoms. The number of H-pyrrole nitrogens is 1. The molecule has 1 aromatic carbocycles. The molecule has 2 N–H and O–H groups in total. The zero-order chi connectivity index (χ0) is 14.1. The zero-order valence-electron chi connectivity index (χ0n) is 11.1. The van der Waals surface area contributed by atoms with Gasteiger partial charge in [-0.2, -0.15) is 4.98 Å². The van der Waals surface area contributed by atoms with Crippen LogP contribution < -0.4 is 10.2 Å². The molecule has 1 aromatic heterocycles. The molecule has 1 saturated heterocycles. The summed E-state index contributed by atoms with van der Waals surface area (Å²) in [6.45, 7) is 4.83. The highest BCUT2D eigenvalue weighted by Crippen LogP contribution is 2.26. The van der Waals surface area contributed by atoms with Gasteiger partial charge in [0.2, 0.25) is 5.95 Å². The van der Waals surface area contributed by atoms with E-state index in [-0.39, 0.29) is 11.4 Å². The molecule has 2 heterocycles. The number of aryl methyl sites for hydroxylation is 1. The second-order valence-corrected chi connectivity index (χ2v) is 4.77. The number of hydrogen-bond acceptors (Lipinski definition) is 4. The molecule has 0 bridgehead atoms. The number of piperazine rings is 1. The summed E-state index contributed by atoms with van der Waals surface area (Å²) >= 11 is 0. The third kappa shape index (κ3) is 2.24. The molecular weight excluding hydrogens is 264 g/mol. The van der Waals surface area contributed by atoms with Gasteiger partial charge >= 0.3 is 0 Å². The van der Waals surface area contributed by atoms with Crippen LogP contribution in [0.3, 0.4) is 0 Å². The summed E-state index contributed by atoms with van der Waals surface area (Å²) in [4.78, 5) is 6.19. The Morgan fingerprint density at radius 2 is 1.95 bits per heavy atom. The van der Waals surface area contributed by atoms with E-state index in [1.807, 2.05) is 4.90 Å². The summed E-state index contributed by atoms with van der Waals surface area (Å²) in [7, 11) is 0. The van der Waals surface area contributed by atoms with E-state index >= 15 is 0 Å². The average Bonchev–Trinajstić information content (AvgIpc) is 2.94. The first-order valence-corrected chi connectivity index (χ1v) is 6.50. The van der Waals surface area contributed by atoms with Crippen LogP contribution in [0, 0.1) is 18.6 Å². The van der Waals surface area contributed by atoms with Crippen molar-refractivity contribution >= 4 is 5.95 Å². The Morgan fingerprint density at radius 1 is 1.20 bits per heavy atom. The number of aromatic nitrogens is 3. The molecule has 0 radical (unpaired) electrons. The normalized spacial score (nSPS) is 15.7. The summed E-state index contributed by atoms with van der Waals surface area (Å²) in [5, 5.41) is 9.90. The number of halogens is 2. The predicted octanol–water partition coefficient (Wildman–Crippen LogP) is 1.47. The molecule has 1 aliphatic heterocycles. The van der Waals surface area contributed by atoms with Gasteiger partial charge in [-0.05, 0) is 18.6 Å². The fourth-order valence-corrected chi connectivity index (χ4v) is 2.24. The van der Waals surface area contributed by atoms with Gasteiger partial charge in [0.25, 0.3) is 0 Å². The van der Waals surface area contributed by atoms with Gasteiger partial charge in [0.15, 0.2) is 5.82 Å². The Labute approximate surface area is 115 Å². The predicted molar refractivity (Wildman–Crippen MR) is 71.6 cm³/mol. The fourth-order valence-electron chi connectivity index (χ4n) is 2.24. The Balaban J connectivity index is 1.96. The smallest absolute Gasteiger partial charge is 0.245 e. The molecule has 1 fully saturated rings. The van der Waals surface area contributed by atoms with Crippen molar-refractivity contribution in [3.63, 3.8) is 0 Å². The highest BCUT2D eigenvalue weighted by Gasteiger charge is 2.20. The SMILES string of the molecule is Cc1ccc(F)c(-c2nc(N3CCNCC3)n[nH]2)c1F. The molecule has 7 heteroatoms. The monoisotopic (exact) mass is 279 g/mol. The second-order valence-electron chi connectivity index (χ2n) is 4.77. The van der Waals surface area contributed by atoms with Gasteiger partial charge < -0.3 is 10.2 Å². The van der Waals surface area contributed by atoms with Crippen molar-refractivity contribution in [1.29, 1.82) is 0 Å². The van der Waals surface area contributed by atoms with Crippen molar-refractivity contribution in [2.45, 2.75) is 6.92 Å². The van der Waals surface area contributed by atoms with E-state index in [9.17, 15) is 8.78 Å². The fraction of sp³-hybridized carbons (Fsp3) is 0.385. The van der Waals surface area contributed by atoms with Gasteiger partial charge in [-0.25, -0.2) is 8.78 Å². The lowest BCUT2D eigenvalue weighted by molar-refractivity contribution is 0.579. The van der Waals surface area contributed by atoms with Crippen LogP contribution in [0.25, 0.3) is 11.4 Å². The van der Waals surface area contributed by atoms with E-state index in [1.54, 1.807) is 6.92 Å². The Bertz CT molecular complexity index is 619. The van der Waals surface area contributed by atoms with Gasteiger partial charge in [-0.3, -0.25) is 5.10 Å². The molecular formula is C13H15F2N5. The molecule has 1 aliphatic rings. The maximum Gasteiger partial charge on any atom is 0.245 e. The third-order valence-corrected chi connectivity index (χ3v) is 3.39. The number of rotatable bonds is 2. The minimum atomic E-state index is -0.642. The molecule has 5 nitrogen and oxygen atoms in total. The zero-order valence-corrected chi connectivity index (χ0v) is 11.1. The minimum absolute atomic E-state index is 0.122. The van der Waals surface area contributed by atoms with Crippen molar-refractivity contribution < 1.29 is 8.78 Å². The van der Waals surface area contributed by atoms with Crippen LogP contribution in [0.2, 0.25) is 0 Å². The van der Waals surface area contributed by atoms with Crippen LogP contribution in [-0.2, 0) is 0 Å². The molecule has 0 atom stereocenters. The number of aromatic amines is 1. The molecule has 0 unspecified atom stereocenters. The van der Waals surface area contributed by atoms with Crippen molar-refractivity contribution in [3.05, 3.63) is 29.3 Å². The van der Waals surface area contributed by atoms with Crippen molar-refractivity contribution in [3.8, 4) is 11.4 Å². The molecule has 2 aromatic rings. The standard InChI is InChI=1S/C13H15F2N5/c1-8-2-3-9(14)10(11(8)15)12-17-13(19-18-12)20-6-4-16-5-7-20/h2-3,16H,4-7H2,1H3,(H,17,18,19). The summed E-state index contributed by atoms with van der Waals surface area (Å²) in [5.74, 6) is -0.650. The summed E-state index contributed by atoms with van der Waals surface area (Å²) in [6, 6.07) is 2.64. The van der Waals surface area contributed by atoms with Crippen molar-refractivity contribution in [1.82, 2.24) is 20.5 Å². The van der Waals surface area contributed by atoms with Gasteiger partial charge in [-0.15, -0.1) is 5.10 Å². The number of anilines is 1. The maximum atomic E-state index is 14.0. The first kappa shape index (κ1) is 13.0. The molecule has 0 saturated carbocycles. The maximum absolute atomic E-state index is 14.0. The second kappa shape index (κ2) is 5.16. The highest BCUT2D eigenvalue weighted by molar-refractivity contribution is 5.59.